The molecule has 6 rings (SSSR count). The number of methoxy groups -OCH3 is 2. The molecule has 238 valence electrons. The maximum absolute atomic E-state index is 13.0. The van der Waals surface area contributed by atoms with Gasteiger partial charge in [0, 0.05) is 42.9 Å². The summed E-state index contributed by atoms with van der Waals surface area (Å²) in [5.41, 5.74) is 4.64. The van der Waals surface area contributed by atoms with Gasteiger partial charge in [0.2, 0.25) is 5.75 Å². The van der Waals surface area contributed by atoms with Gasteiger partial charge in [-0.3, -0.25) is 14.5 Å². The molecule has 2 N–H and O–H groups in total. The molecule has 2 aliphatic rings. The summed E-state index contributed by atoms with van der Waals surface area (Å²) in [6.07, 6.45) is 2.70. The van der Waals surface area contributed by atoms with Crippen LogP contribution in [-0.2, 0) is 19.3 Å². The van der Waals surface area contributed by atoms with Crippen molar-refractivity contribution >= 4 is 12.2 Å². The summed E-state index contributed by atoms with van der Waals surface area (Å²) >= 11 is 0. The molecule has 2 aliphatic heterocycles. The number of phenols is 2. The second kappa shape index (κ2) is 12.6. The van der Waals surface area contributed by atoms with Crippen LogP contribution in [0.4, 0.5) is 0 Å². The van der Waals surface area contributed by atoms with Crippen molar-refractivity contribution in [3.05, 3.63) is 94.0 Å². The van der Waals surface area contributed by atoms with Crippen molar-refractivity contribution < 1.29 is 38.7 Å². The van der Waals surface area contributed by atoms with Crippen LogP contribution in [-0.4, -0.2) is 73.6 Å². The smallest absolute Gasteiger partial charge is 0.254 e. The van der Waals surface area contributed by atoms with E-state index in [0.29, 0.717) is 59.8 Å². The van der Waals surface area contributed by atoms with Gasteiger partial charge in [-0.25, -0.2) is 0 Å². The van der Waals surface area contributed by atoms with Crippen LogP contribution in [0.2, 0.25) is 0 Å². The van der Waals surface area contributed by atoms with Gasteiger partial charge >= 0.3 is 0 Å². The highest BCUT2D eigenvalue weighted by atomic mass is 16.5. The first-order valence-electron chi connectivity index (χ1n) is 15.0. The normalized spacial score (nSPS) is 16.0. The second-order valence-electron chi connectivity index (χ2n) is 11.6. The maximum atomic E-state index is 13.0. The number of hydrogen-bond donors (Lipinski definition) is 2. The number of carbonyl (C=O) groups is 2. The van der Waals surface area contributed by atoms with E-state index in [0.717, 1.165) is 35.2 Å². The molecule has 0 saturated carbocycles. The highest BCUT2D eigenvalue weighted by molar-refractivity contribution is 5.97. The van der Waals surface area contributed by atoms with Gasteiger partial charge < -0.3 is 34.1 Å². The van der Waals surface area contributed by atoms with Gasteiger partial charge in [-0.05, 0) is 91.5 Å². The number of aldehydes is 1. The number of rotatable bonds is 9. The largest absolute Gasteiger partial charge is 0.504 e. The fourth-order valence-corrected chi connectivity index (χ4v) is 6.17. The van der Waals surface area contributed by atoms with Crippen molar-refractivity contribution in [1.82, 2.24) is 9.80 Å². The highest BCUT2D eigenvalue weighted by Crippen LogP contribution is 2.51. The Morgan fingerprint density at radius 1 is 0.804 bits per heavy atom. The van der Waals surface area contributed by atoms with Gasteiger partial charge in [0.25, 0.3) is 5.91 Å². The molecule has 2 heterocycles. The third-order valence-electron chi connectivity index (χ3n) is 8.74. The molecule has 1 amide bonds. The van der Waals surface area contributed by atoms with E-state index in [1.54, 1.807) is 38.3 Å². The Morgan fingerprint density at radius 3 is 2.26 bits per heavy atom. The van der Waals surface area contributed by atoms with Crippen molar-refractivity contribution in [2.24, 2.45) is 0 Å². The monoisotopic (exact) mass is 624 g/mol. The van der Waals surface area contributed by atoms with Crippen LogP contribution in [0.5, 0.6) is 46.0 Å². The molecule has 0 bridgehead atoms. The summed E-state index contributed by atoms with van der Waals surface area (Å²) in [6, 6.07) is 17.0. The number of benzene rings is 4. The molecular weight excluding hydrogens is 588 g/mol. The van der Waals surface area contributed by atoms with Crippen LogP contribution in [0.3, 0.4) is 0 Å². The zero-order valence-corrected chi connectivity index (χ0v) is 26.2. The maximum Gasteiger partial charge on any atom is 0.254 e. The summed E-state index contributed by atoms with van der Waals surface area (Å²) in [5, 5.41) is 21.2. The lowest BCUT2D eigenvalue weighted by atomic mass is 9.87. The Balaban J connectivity index is 1.36. The molecule has 1 atom stereocenters. The third-order valence-corrected chi connectivity index (χ3v) is 8.74. The van der Waals surface area contributed by atoms with E-state index >= 15 is 0 Å². The van der Waals surface area contributed by atoms with E-state index in [1.165, 1.54) is 18.2 Å². The molecular formula is C36H36N2O8. The van der Waals surface area contributed by atoms with Crippen LogP contribution in [0, 0.1) is 0 Å². The minimum absolute atomic E-state index is 0.0595. The first-order chi connectivity index (χ1) is 22.2. The zero-order chi connectivity index (χ0) is 32.5. The Bertz CT molecular complexity index is 1800. The van der Waals surface area contributed by atoms with E-state index in [4.69, 9.17) is 18.9 Å². The Kier molecular flexibility index (Phi) is 8.46. The summed E-state index contributed by atoms with van der Waals surface area (Å²) in [7, 11) is 6.93. The van der Waals surface area contributed by atoms with E-state index < -0.39 is 0 Å². The lowest BCUT2D eigenvalue weighted by Crippen LogP contribution is -2.34. The predicted octanol–water partition coefficient (Wildman–Crippen LogP) is 5.91. The molecule has 46 heavy (non-hydrogen) atoms. The molecule has 4 aromatic rings. The van der Waals surface area contributed by atoms with E-state index in [-0.39, 0.29) is 34.9 Å². The predicted molar refractivity (Wildman–Crippen MR) is 171 cm³/mol. The number of nitrogens with zero attached hydrogens (tertiary/aromatic N) is 2. The van der Waals surface area contributed by atoms with Crippen LogP contribution in [0.15, 0.2) is 60.7 Å². The molecule has 0 aromatic heterocycles. The number of ether oxygens (including phenoxy) is 4. The van der Waals surface area contributed by atoms with Gasteiger partial charge in [0.05, 0.1) is 14.2 Å². The first kappa shape index (κ1) is 30.8. The van der Waals surface area contributed by atoms with Gasteiger partial charge in [-0.15, -0.1) is 0 Å². The molecule has 10 nitrogen and oxygen atoms in total. The van der Waals surface area contributed by atoms with Crippen molar-refractivity contribution in [2.75, 3.05) is 41.4 Å². The molecule has 0 unspecified atom stereocenters. The Labute approximate surface area is 267 Å². The van der Waals surface area contributed by atoms with Crippen LogP contribution < -0.4 is 18.9 Å². The average molecular weight is 625 g/mol. The van der Waals surface area contributed by atoms with Crippen molar-refractivity contribution in [3.8, 4) is 46.0 Å². The molecule has 0 aliphatic carbocycles. The molecule has 0 spiro atoms. The van der Waals surface area contributed by atoms with Gasteiger partial charge in [0.1, 0.15) is 12.0 Å². The summed E-state index contributed by atoms with van der Waals surface area (Å²) in [6.45, 7) is 1.38. The summed E-state index contributed by atoms with van der Waals surface area (Å²) in [5.74, 6) is 1.95. The lowest BCUT2D eigenvalue weighted by Gasteiger charge is -2.37. The van der Waals surface area contributed by atoms with Crippen molar-refractivity contribution in [1.29, 1.82) is 0 Å². The van der Waals surface area contributed by atoms with Gasteiger partial charge in [-0.2, -0.15) is 0 Å². The standard InChI is InChI=1S/C36H36N2O8/c1-37-13-12-24-18-32(43-3)34(44-4)35(46-31-19-26-23(17-29(31)41)11-14-38(2)36(26)42)33(24)27(37)15-21-5-8-25(9-6-21)45-30-16-22(20-39)7-10-28(30)40/h5-10,16-20,27,40-41H,11-15H2,1-4H3/t27-/m0/s1. The van der Waals surface area contributed by atoms with Crippen molar-refractivity contribution in [2.45, 2.75) is 25.3 Å². The number of aromatic hydroxyl groups is 2. The van der Waals surface area contributed by atoms with Crippen LogP contribution >= 0.6 is 0 Å². The van der Waals surface area contributed by atoms with E-state index in [1.807, 2.05) is 30.3 Å². The van der Waals surface area contributed by atoms with Gasteiger partial charge in [0.15, 0.2) is 34.5 Å². The van der Waals surface area contributed by atoms with Crippen molar-refractivity contribution in [3.63, 3.8) is 0 Å². The van der Waals surface area contributed by atoms with Crippen LogP contribution in [0.25, 0.3) is 0 Å². The molecule has 0 saturated heterocycles. The highest BCUT2D eigenvalue weighted by Gasteiger charge is 2.34. The first-order valence-corrected chi connectivity index (χ1v) is 15.0. The van der Waals surface area contributed by atoms with E-state index in [2.05, 4.69) is 11.9 Å². The van der Waals surface area contributed by atoms with Crippen LogP contribution in [0.1, 0.15) is 49.0 Å². The minimum atomic E-state index is -0.133. The fourth-order valence-electron chi connectivity index (χ4n) is 6.17. The topological polar surface area (TPSA) is 118 Å². The fraction of sp³-hybridized carbons (Fsp3) is 0.278. The van der Waals surface area contributed by atoms with E-state index in [9.17, 15) is 19.8 Å². The minimum Gasteiger partial charge on any atom is -0.504 e. The molecule has 4 aromatic carbocycles. The number of amides is 1. The van der Waals surface area contributed by atoms with Gasteiger partial charge in [-0.1, -0.05) is 12.1 Å². The molecule has 0 radical (unpaired) electrons. The summed E-state index contributed by atoms with van der Waals surface area (Å²) < 4.78 is 23.9. The molecule has 10 heteroatoms. The third kappa shape index (κ3) is 5.79. The molecule has 0 fully saturated rings. The zero-order valence-electron chi connectivity index (χ0n) is 26.2. The second-order valence-corrected chi connectivity index (χ2v) is 11.6. The quantitative estimate of drug-likeness (QED) is 0.219. The lowest BCUT2D eigenvalue weighted by molar-refractivity contribution is 0.0780. The number of fused-ring (bicyclic) bond motifs is 2. The average Bonchev–Trinajstić information content (AvgIpc) is 3.06. The number of hydrogen-bond acceptors (Lipinski definition) is 9. The SMILES string of the molecule is COc1cc2c(c(Oc3cc4c(cc3O)CCN(C)C4=O)c1OC)[C@H](Cc1ccc(Oc3cc(C=O)ccc3O)cc1)N(C)CC2. The number of carbonyl (C=O) groups excluding carboxylic acids is 2. The number of likely N-dealkylation sites (N-methyl/N-ethyl adjacent to an activating group) is 2. The Morgan fingerprint density at radius 2 is 1.54 bits per heavy atom. The Hall–Kier alpha value is -5.22. The number of phenolic OH excluding ortho intramolecular Hbond substituents is 2. The summed E-state index contributed by atoms with van der Waals surface area (Å²) in [4.78, 5) is 28.0.